The minimum Gasteiger partial charge on any atom is -0.437 e. The molecule has 0 fully saturated rings. The molecule has 0 aromatic carbocycles. The lowest BCUT2D eigenvalue weighted by molar-refractivity contribution is 0.0759. The van der Waals surface area contributed by atoms with Crippen molar-refractivity contribution in [1.29, 1.82) is 0 Å². The standard InChI is InChI=1S/C5H10O7PS/c1-10-4(6)12-5(13(7)11-2)14(3,8)9/h5H,1-3H3/q+1. The third-order valence-electron chi connectivity index (χ3n) is 1.08. The predicted octanol–water partition coefficient (Wildman–Crippen LogP) is 0.486. The summed E-state index contributed by atoms with van der Waals surface area (Å²) in [4.78, 5) is 10.6. The van der Waals surface area contributed by atoms with E-state index in [2.05, 4.69) is 14.0 Å². The van der Waals surface area contributed by atoms with E-state index >= 15 is 0 Å². The topological polar surface area (TPSA) is 96.0 Å². The molecule has 82 valence electrons. The highest BCUT2D eigenvalue weighted by molar-refractivity contribution is 7.96. The van der Waals surface area contributed by atoms with E-state index in [4.69, 9.17) is 0 Å². The van der Waals surface area contributed by atoms with Crippen LogP contribution in [0.2, 0.25) is 0 Å². The van der Waals surface area contributed by atoms with Crippen LogP contribution in [0.3, 0.4) is 0 Å². The number of ether oxygens (including phenoxy) is 2. The molecular weight excluding hydrogens is 235 g/mol. The number of carbonyl (C=O) groups excluding carboxylic acids is 1. The first-order chi connectivity index (χ1) is 6.32. The van der Waals surface area contributed by atoms with Crippen molar-refractivity contribution in [3.8, 4) is 0 Å². The first-order valence-corrected chi connectivity index (χ1v) is 6.47. The molecule has 0 saturated heterocycles. The van der Waals surface area contributed by atoms with Crippen molar-refractivity contribution in [2.75, 3.05) is 20.5 Å². The van der Waals surface area contributed by atoms with E-state index in [-0.39, 0.29) is 0 Å². The molecular formula is C5H10O7PS+. The highest BCUT2D eigenvalue weighted by atomic mass is 32.2. The maximum atomic E-state index is 11.0. The summed E-state index contributed by atoms with van der Waals surface area (Å²) in [6.07, 6.45) is -0.465. The lowest BCUT2D eigenvalue weighted by atomic mass is 11.3. The van der Waals surface area contributed by atoms with E-state index in [1.54, 1.807) is 0 Å². The Morgan fingerprint density at radius 2 is 1.86 bits per heavy atom. The van der Waals surface area contributed by atoms with Gasteiger partial charge in [-0.25, -0.2) is 13.2 Å². The molecule has 0 rings (SSSR count). The fourth-order valence-electron chi connectivity index (χ4n) is 0.503. The molecule has 0 heterocycles. The van der Waals surface area contributed by atoms with Gasteiger partial charge in [0.1, 0.15) is 0 Å². The minimum absolute atomic E-state index is 0.771. The summed E-state index contributed by atoms with van der Waals surface area (Å²) >= 11 is 0. The van der Waals surface area contributed by atoms with Gasteiger partial charge in [0, 0.05) is 6.26 Å². The molecule has 0 spiro atoms. The van der Waals surface area contributed by atoms with Crippen molar-refractivity contribution in [3.63, 3.8) is 0 Å². The van der Waals surface area contributed by atoms with Gasteiger partial charge in [0.2, 0.25) is 9.84 Å². The SMILES string of the molecule is COC(=O)OC([P+](=O)OC)S(C)(=O)=O. The largest absolute Gasteiger partial charge is 0.571 e. The van der Waals surface area contributed by atoms with Gasteiger partial charge < -0.3 is 9.47 Å². The van der Waals surface area contributed by atoms with Crippen LogP contribution in [0.4, 0.5) is 4.79 Å². The zero-order valence-electron chi connectivity index (χ0n) is 7.79. The van der Waals surface area contributed by atoms with Gasteiger partial charge in [0.25, 0.3) is 0 Å². The first kappa shape index (κ1) is 13.3. The van der Waals surface area contributed by atoms with Crippen LogP contribution in [0.25, 0.3) is 0 Å². The van der Waals surface area contributed by atoms with Crippen LogP contribution in [0.5, 0.6) is 0 Å². The Morgan fingerprint density at radius 3 is 2.14 bits per heavy atom. The maximum Gasteiger partial charge on any atom is 0.571 e. The maximum absolute atomic E-state index is 11.0. The van der Waals surface area contributed by atoms with Gasteiger partial charge >= 0.3 is 19.4 Å². The second-order valence-corrected chi connectivity index (χ2v) is 6.02. The Labute approximate surface area is 82.1 Å². The fraction of sp³-hybridized carbons (Fsp3) is 0.800. The Hall–Kier alpha value is -0.720. The zero-order valence-corrected chi connectivity index (χ0v) is 9.50. The summed E-state index contributed by atoms with van der Waals surface area (Å²) in [6, 6.07) is 0. The molecule has 14 heavy (non-hydrogen) atoms. The van der Waals surface area contributed by atoms with Gasteiger partial charge in [-0.15, -0.1) is 4.52 Å². The second kappa shape index (κ2) is 5.23. The number of methoxy groups -OCH3 is 1. The molecule has 0 bridgehead atoms. The molecule has 0 saturated carbocycles. The molecule has 2 atom stereocenters. The molecule has 0 aliphatic rings. The average Bonchev–Trinajstić information content (AvgIpc) is 2.10. The van der Waals surface area contributed by atoms with Crippen LogP contribution < -0.4 is 0 Å². The molecule has 0 amide bonds. The quantitative estimate of drug-likeness (QED) is 0.525. The van der Waals surface area contributed by atoms with Gasteiger partial charge in [-0.05, 0) is 4.57 Å². The third kappa shape index (κ3) is 3.99. The third-order valence-corrected chi connectivity index (χ3v) is 4.39. The van der Waals surface area contributed by atoms with Gasteiger partial charge in [-0.3, -0.25) is 0 Å². The van der Waals surface area contributed by atoms with E-state index in [1.807, 2.05) is 0 Å². The Morgan fingerprint density at radius 1 is 1.36 bits per heavy atom. The monoisotopic (exact) mass is 245 g/mol. The first-order valence-electron chi connectivity index (χ1n) is 3.27. The van der Waals surface area contributed by atoms with Crippen LogP contribution >= 0.6 is 8.03 Å². The average molecular weight is 245 g/mol. The Bertz CT molecular complexity index is 321. The van der Waals surface area contributed by atoms with E-state index in [0.29, 0.717) is 0 Å². The van der Waals surface area contributed by atoms with Gasteiger partial charge in [-0.2, -0.15) is 0 Å². The van der Waals surface area contributed by atoms with Crippen LogP contribution in [-0.2, 0) is 28.4 Å². The minimum atomic E-state index is -3.81. The molecule has 0 N–H and O–H groups in total. The van der Waals surface area contributed by atoms with E-state index < -0.39 is 29.2 Å². The van der Waals surface area contributed by atoms with Crippen LogP contribution in [-0.4, -0.2) is 40.2 Å². The van der Waals surface area contributed by atoms with Crippen molar-refractivity contribution >= 4 is 24.0 Å². The van der Waals surface area contributed by atoms with Crippen LogP contribution in [0.1, 0.15) is 0 Å². The Balaban J connectivity index is 4.76. The summed E-state index contributed by atoms with van der Waals surface area (Å²) in [6.45, 7) is 0. The van der Waals surface area contributed by atoms with Gasteiger partial charge in [0.15, 0.2) is 0 Å². The predicted molar refractivity (Wildman–Crippen MR) is 46.7 cm³/mol. The van der Waals surface area contributed by atoms with Crippen LogP contribution in [0, 0.1) is 0 Å². The molecule has 2 unspecified atom stereocenters. The zero-order chi connectivity index (χ0) is 11.4. The number of hydrogen-bond acceptors (Lipinski definition) is 7. The van der Waals surface area contributed by atoms with E-state index in [0.717, 1.165) is 20.5 Å². The number of hydrogen-bond donors (Lipinski definition) is 0. The lowest BCUT2D eigenvalue weighted by Gasteiger charge is -2.04. The summed E-state index contributed by atoms with van der Waals surface area (Å²) < 4.78 is 45.6. The summed E-state index contributed by atoms with van der Waals surface area (Å²) in [7, 11) is -4.40. The van der Waals surface area contributed by atoms with Gasteiger partial charge in [-0.1, -0.05) is 0 Å². The van der Waals surface area contributed by atoms with Crippen molar-refractivity contribution in [1.82, 2.24) is 0 Å². The molecule has 0 aliphatic carbocycles. The summed E-state index contributed by atoms with van der Waals surface area (Å²) in [5.74, 6) is 0. The number of carbonyl (C=O) groups is 1. The highest BCUT2D eigenvalue weighted by Gasteiger charge is 2.45. The molecule has 0 radical (unpaired) electrons. The van der Waals surface area contributed by atoms with E-state index in [1.165, 1.54) is 0 Å². The van der Waals surface area contributed by atoms with Crippen molar-refractivity contribution in [3.05, 3.63) is 0 Å². The van der Waals surface area contributed by atoms with Crippen molar-refractivity contribution < 1.29 is 31.8 Å². The molecule has 7 nitrogen and oxygen atoms in total. The smallest absolute Gasteiger partial charge is 0.437 e. The van der Waals surface area contributed by atoms with Gasteiger partial charge in [0.05, 0.1) is 14.2 Å². The molecule has 0 aliphatic heterocycles. The molecule has 0 aromatic heterocycles. The normalized spacial score (nSPS) is 14.4. The van der Waals surface area contributed by atoms with Crippen LogP contribution in [0.15, 0.2) is 0 Å². The van der Waals surface area contributed by atoms with E-state index in [9.17, 15) is 17.8 Å². The number of sulfone groups is 1. The number of rotatable bonds is 4. The summed E-state index contributed by atoms with van der Waals surface area (Å²) in [5, 5.41) is -1.84. The molecule has 0 aromatic rings. The lowest BCUT2D eigenvalue weighted by Crippen LogP contribution is -2.23. The van der Waals surface area contributed by atoms with Crippen molar-refractivity contribution in [2.45, 2.75) is 5.18 Å². The Kier molecular flexibility index (Phi) is 4.96. The second-order valence-electron chi connectivity index (χ2n) is 2.18. The highest BCUT2D eigenvalue weighted by Crippen LogP contribution is 2.32. The van der Waals surface area contributed by atoms with Crippen molar-refractivity contribution in [2.24, 2.45) is 0 Å². The fourth-order valence-corrected chi connectivity index (χ4v) is 2.61. The molecule has 9 heteroatoms. The summed E-state index contributed by atoms with van der Waals surface area (Å²) in [5.41, 5.74) is 0.